The van der Waals surface area contributed by atoms with E-state index in [-0.39, 0.29) is 18.0 Å². The van der Waals surface area contributed by atoms with Crippen molar-refractivity contribution in [2.24, 2.45) is 0 Å². The van der Waals surface area contributed by atoms with Crippen LogP contribution in [0.1, 0.15) is 53.0 Å². The van der Waals surface area contributed by atoms with Crippen molar-refractivity contribution in [1.82, 2.24) is 0 Å². The predicted octanol–water partition coefficient (Wildman–Crippen LogP) is 4.49. The third kappa shape index (κ3) is 4.78. The van der Waals surface area contributed by atoms with Gasteiger partial charge in [-0.15, -0.1) is 0 Å². The van der Waals surface area contributed by atoms with Crippen LogP contribution in [0.3, 0.4) is 0 Å². The van der Waals surface area contributed by atoms with Crippen LogP contribution >= 0.6 is 0 Å². The van der Waals surface area contributed by atoms with Crippen LogP contribution in [0.2, 0.25) is 0 Å². The highest BCUT2D eigenvalue weighted by Gasteiger charge is 2.13. The van der Waals surface area contributed by atoms with E-state index in [0.717, 1.165) is 18.6 Å². The first-order valence-corrected chi connectivity index (χ1v) is 8.02. The first kappa shape index (κ1) is 16.9. The van der Waals surface area contributed by atoms with Crippen LogP contribution in [-0.4, -0.2) is 18.2 Å². The molecule has 0 unspecified atom stereocenters. The first-order chi connectivity index (χ1) is 11.1. The van der Waals surface area contributed by atoms with Crippen LogP contribution in [-0.2, 0) is 6.42 Å². The average molecular weight is 310 g/mol. The summed E-state index contributed by atoms with van der Waals surface area (Å²) < 4.78 is 5.48. The Bertz CT molecular complexity index is 654. The van der Waals surface area contributed by atoms with Crippen molar-refractivity contribution < 1.29 is 14.3 Å². The molecule has 0 amide bonds. The van der Waals surface area contributed by atoms with E-state index in [0.29, 0.717) is 17.7 Å². The molecule has 2 aromatic carbocycles. The summed E-state index contributed by atoms with van der Waals surface area (Å²) in [5.41, 5.74) is 2.29. The number of rotatable bonds is 8. The summed E-state index contributed by atoms with van der Waals surface area (Å²) in [6, 6.07) is 14.4. The van der Waals surface area contributed by atoms with Crippen LogP contribution in [0.5, 0.6) is 5.75 Å². The molecular weight excluding hydrogens is 288 g/mol. The Kier molecular flexibility index (Phi) is 6.10. The molecule has 0 radical (unpaired) electrons. The SMILES string of the molecule is CCCOc1ccc(C(=O)CC(=O)c2ccc(CC)cc2)cc1. The lowest BCUT2D eigenvalue weighted by Crippen LogP contribution is -2.08. The fraction of sp³-hybridized carbons (Fsp3) is 0.300. The van der Waals surface area contributed by atoms with E-state index in [2.05, 4.69) is 6.92 Å². The molecular formula is C20H22O3. The zero-order valence-electron chi connectivity index (χ0n) is 13.7. The van der Waals surface area contributed by atoms with Crippen molar-refractivity contribution in [2.45, 2.75) is 33.1 Å². The summed E-state index contributed by atoms with van der Waals surface area (Å²) in [6.45, 7) is 4.75. The molecule has 23 heavy (non-hydrogen) atoms. The molecule has 0 saturated carbocycles. The molecule has 2 aromatic rings. The molecule has 0 atom stereocenters. The van der Waals surface area contributed by atoms with Gasteiger partial charge in [0.2, 0.25) is 0 Å². The minimum atomic E-state index is -0.170. The van der Waals surface area contributed by atoms with Crippen LogP contribution in [0.25, 0.3) is 0 Å². The Morgan fingerprint density at radius 2 is 1.35 bits per heavy atom. The summed E-state index contributed by atoms with van der Waals surface area (Å²) in [7, 11) is 0. The van der Waals surface area contributed by atoms with Crippen molar-refractivity contribution in [3.05, 3.63) is 65.2 Å². The van der Waals surface area contributed by atoms with E-state index in [1.54, 1.807) is 36.4 Å². The number of benzene rings is 2. The quantitative estimate of drug-likeness (QED) is 0.533. The van der Waals surface area contributed by atoms with Gasteiger partial charge in [0, 0.05) is 11.1 Å². The summed E-state index contributed by atoms with van der Waals surface area (Å²) in [6.07, 6.45) is 1.76. The molecule has 0 aliphatic rings. The molecule has 3 nitrogen and oxygen atoms in total. The second kappa shape index (κ2) is 8.28. The van der Waals surface area contributed by atoms with Gasteiger partial charge in [0.25, 0.3) is 0 Å². The van der Waals surface area contributed by atoms with E-state index in [1.165, 1.54) is 5.56 Å². The molecule has 0 aliphatic heterocycles. The topological polar surface area (TPSA) is 43.4 Å². The Morgan fingerprint density at radius 3 is 1.83 bits per heavy atom. The van der Waals surface area contributed by atoms with Crippen LogP contribution in [0, 0.1) is 0 Å². The second-order valence-electron chi connectivity index (χ2n) is 5.45. The molecule has 0 aromatic heterocycles. The zero-order chi connectivity index (χ0) is 16.7. The number of ether oxygens (including phenoxy) is 1. The maximum atomic E-state index is 12.2. The first-order valence-electron chi connectivity index (χ1n) is 8.02. The van der Waals surface area contributed by atoms with Gasteiger partial charge in [0.15, 0.2) is 11.6 Å². The smallest absolute Gasteiger partial charge is 0.170 e. The number of hydrogen-bond donors (Lipinski definition) is 0. The highest BCUT2D eigenvalue weighted by atomic mass is 16.5. The molecule has 0 N–H and O–H groups in total. The number of aryl methyl sites for hydroxylation is 1. The fourth-order valence-electron chi connectivity index (χ4n) is 2.23. The van der Waals surface area contributed by atoms with E-state index >= 15 is 0 Å². The monoisotopic (exact) mass is 310 g/mol. The lowest BCUT2D eigenvalue weighted by atomic mass is 10.0. The van der Waals surface area contributed by atoms with Crippen LogP contribution in [0.15, 0.2) is 48.5 Å². The highest BCUT2D eigenvalue weighted by Crippen LogP contribution is 2.15. The van der Waals surface area contributed by atoms with Crippen molar-refractivity contribution in [3.63, 3.8) is 0 Å². The molecule has 0 saturated heterocycles. The summed E-state index contributed by atoms with van der Waals surface area (Å²) in [4.78, 5) is 24.4. The van der Waals surface area contributed by atoms with Crippen molar-refractivity contribution in [1.29, 1.82) is 0 Å². The Labute approximate surface area is 137 Å². The van der Waals surface area contributed by atoms with E-state index < -0.39 is 0 Å². The zero-order valence-corrected chi connectivity index (χ0v) is 13.7. The van der Waals surface area contributed by atoms with Crippen molar-refractivity contribution in [3.8, 4) is 5.75 Å². The largest absolute Gasteiger partial charge is 0.494 e. The molecule has 120 valence electrons. The maximum Gasteiger partial charge on any atom is 0.170 e. The van der Waals surface area contributed by atoms with Gasteiger partial charge >= 0.3 is 0 Å². The average Bonchev–Trinajstić information content (AvgIpc) is 2.60. The third-order valence-electron chi connectivity index (χ3n) is 3.65. The van der Waals surface area contributed by atoms with E-state index in [4.69, 9.17) is 4.74 Å². The van der Waals surface area contributed by atoms with Gasteiger partial charge in [0.05, 0.1) is 13.0 Å². The van der Waals surface area contributed by atoms with Crippen molar-refractivity contribution >= 4 is 11.6 Å². The Balaban J connectivity index is 1.98. The summed E-state index contributed by atoms with van der Waals surface area (Å²) in [5.74, 6) is 0.422. The molecule has 0 aliphatic carbocycles. The fourth-order valence-corrected chi connectivity index (χ4v) is 2.23. The van der Waals surface area contributed by atoms with E-state index in [1.807, 2.05) is 19.1 Å². The molecule has 0 heterocycles. The van der Waals surface area contributed by atoms with Gasteiger partial charge in [0.1, 0.15) is 5.75 Å². The highest BCUT2D eigenvalue weighted by molar-refractivity contribution is 6.13. The van der Waals surface area contributed by atoms with Gasteiger partial charge in [-0.05, 0) is 42.7 Å². The predicted molar refractivity (Wildman–Crippen MR) is 91.3 cm³/mol. The van der Waals surface area contributed by atoms with Gasteiger partial charge in [-0.2, -0.15) is 0 Å². The molecule has 2 rings (SSSR count). The van der Waals surface area contributed by atoms with Gasteiger partial charge in [-0.1, -0.05) is 38.1 Å². The lowest BCUT2D eigenvalue weighted by Gasteiger charge is -2.06. The van der Waals surface area contributed by atoms with E-state index in [9.17, 15) is 9.59 Å². The number of hydrogen-bond acceptors (Lipinski definition) is 3. The number of carbonyl (C=O) groups excluding carboxylic acids is 2. The summed E-state index contributed by atoms with van der Waals surface area (Å²) >= 11 is 0. The van der Waals surface area contributed by atoms with Gasteiger partial charge < -0.3 is 4.74 Å². The summed E-state index contributed by atoms with van der Waals surface area (Å²) in [5, 5.41) is 0. The third-order valence-corrected chi connectivity index (χ3v) is 3.65. The standard InChI is InChI=1S/C20H22O3/c1-3-13-23-18-11-9-17(10-12-18)20(22)14-19(21)16-7-5-15(4-2)6-8-16/h5-12H,3-4,13-14H2,1-2H3. The van der Waals surface area contributed by atoms with Gasteiger partial charge in [-0.3, -0.25) is 9.59 Å². The number of carbonyl (C=O) groups is 2. The van der Waals surface area contributed by atoms with Crippen LogP contribution in [0.4, 0.5) is 0 Å². The molecule has 3 heteroatoms. The van der Waals surface area contributed by atoms with Crippen LogP contribution < -0.4 is 4.74 Å². The second-order valence-corrected chi connectivity index (χ2v) is 5.45. The minimum Gasteiger partial charge on any atom is -0.494 e. The molecule has 0 fully saturated rings. The minimum absolute atomic E-state index is 0.110. The van der Waals surface area contributed by atoms with Gasteiger partial charge in [-0.25, -0.2) is 0 Å². The normalized spacial score (nSPS) is 10.3. The Morgan fingerprint density at radius 1 is 0.826 bits per heavy atom. The van der Waals surface area contributed by atoms with Crippen molar-refractivity contribution in [2.75, 3.05) is 6.61 Å². The number of ketones is 2. The maximum absolute atomic E-state index is 12.2. The Hall–Kier alpha value is -2.42. The molecule has 0 spiro atoms. The molecule has 0 bridgehead atoms. The number of Topliss-reactive ketones (excluding diaryl/α,β-unsaturated/α-hetero) is 2. The lowest BCUT2D eigenvalue weighted by molar-refractivity contribution is 0.0894.